The van der Waals surface area contributed by atoms with Gasteiger partial charge in [-0.2, -0.15) is 0 Å². The Kier molecular flexibility index (Phi) is 11.6. The number of nitrogens with one attached hydrogen (secondary N) is 1. The highest BCUT2D eigenvalue weighted by molar-refractivity contribution is 5.69. The van der Waals surface area contributed by atoms with Crippen LogP contribution in [0.5, 0.6) is 11.5 Å². The number of aromatic nitrogens is 1. The van der Waals surface area contributed by atoms with Crippen molar-refractivity contribution in [2.75, 3.05) is 14.2 Å². The van der Waals surface area contributed by atoms with Gasteiger partial charge in [-0.15, -0.1) is 0 Å². The second-order valence-corrected chi connectivity index (χ2v) is 9.73. The number of carbonyl (C=O) groups is 1. The smallest absolute Gasteiger partial charge is 0.305 e. The Morgan fingerprint density at radius 3 is 2.33 bits per heavy atom. The van der Waals surface area contributed by atoms with Gasteiger partial charge in [0.05, 0.1) is 26.5 Å². The van der Waals surface area contributed by atoms with Crippen LogP contribution < -0.4 is 15.0 Å². The Balaban J connectivity index is 1.27. The molecule has 0 atom stereocenters. The molecule has 0 radical (unpaired) electrons. The van der Waals surface area contributed by atoms with Gasteiger partial charge < -0.3 is 18.6 Å². The van der Waals surface area contributed by atoms with Crippen LogP contribution in [-0.4, -0.2) is 25.2 Å². The minimum atomic E-state index is -0.165. The fourth-order valence-electron chi connectivity index (χ4n) is 4.22. The van der Waals surface area contributed by atoms with Crippen LogP contribution in [-0.2, 0) is 27.6 Å². The first-order valence-electron chi connectivity index (χ1n) is 14.1. The maximum absolute atomic E-state index is 11.3. The number of hydrogen-bond acceptors (Lipinski definition) is 8. The molecule has 3 aromatic carbocycles. The molecule has 4 rings (SSSR count). The van der Waals surface area contributed by atoms with Gasteiger partial charge in [0, 0.05) is 12.0 Å². The first kappa shape index (κ1) is 30.4. The van der Waals surface area contributed by atoms with Crippen LogP contribution in [0.3, 0.4) is 0 Å². The summed E-state index contributed by atoms with van der Waals surface area (Å²) in [6.07, 6.45) is 6.14. The van der Waals surface area contributed by atoms with E-state index < -0.39 is 0 Å². The molecular formula is C34H38N2O6. The summed E-state index contributed by atoms with van der Waals surface area (Å²) in [5.41, 5.74) is 7.69. The minimum Gasteiger partial charge on any atom is -0.497 e. The first-order chi connectivity index (χ1) is 20.6. The molecule has 0 bridgehead atoms. The number of benzene rings is 3. The highest BCUT2D eigenvalue weighted by Gasteiger charge is 2.12. The fourth-order valence-corrected chi connectivity index (χ4v) is 4.22. The lowest BCUT2D eigenvalue weighted by Gasteiger charge is -2.13. The lowest BCUT2D eigenvalue weighted by atomic mass is 10.1. The Morgan fingerprint density at radius 2 is 1.62 bits per heavy atom. The third kappa shape index (κ3) is 9.24. The van der Waals surface area contributed by atoms with Crippen LogP contribution in [0, 0.1) is 6.92 Å². The highest BCUT2D eigenvalue weighted by Crippen LogP contribution is 2.23. The van der Waals surface area contributed by atoms with E-state index in [-0.39, 0.29) is 5.97 Å². The topological polar surface area (TPSA) is 92.1 Å². The Labute approximate surface area is 247 Å². The first-order valence-corrected chi connectivity index (χ1v) is 14.1. The van der Waals surface area contributed by atoms with Gasteiger partial charge in [-0.3, -0.25) is 15.1 Å². The lowest BCUT2D eigenvalue weighted by molar-refractivity contribution is -0.140. The molecule has 0 fully saturated rings. The lowest BCUT2D eigenvalue weighted by Crippen LogP contribution is -2.13. The van der Waals surface area contributed by atoms with E-state index in [1.54, 1.807) is 7.11 Å². The summed E-state index contributed by atoms with van der Waals surface area (Å²) in [4.78, 5) is 21.8. The van der Waals surface area contributed by atoms with Crippen molar-refractivity contribution in [2.45, 2.75) is 52.2 Å². The number of nitrogens with zero attached hydrogens (tertiary/aromatic N) is 1. The molecule has 0 unspecified atom stereocenters. The summed E-state index contributed by atoms with van der Waals surface area (Å²) in [7, 11) is 3.07. The van der Waals surface area contributed by atoms with E-state index in [1.807, 2.05) is 85.8 Å². The Hall–Kier alpha value is -4.56. The molecule has 220 valence electrons. The van der Waals surface area contributed by atoms with Crippen LogP contribution >= 0.6 is 0 Å². The molecule has 1 heterocycles. The largest absolute Gasteiger partial charge is 0.497 e. The normalized spacial score (nSPS) is 11.3. The van der Waals surface area contributed by atoms with Crippen molar-refractivity contribution in [2.24, 2.45) is 0 Å². The predicted molar refractivity (Wildman–Crippen MR) is 161 cm³/mol. The van der Waals surface area contributed by atoms with Gasteiger partial charge in [0.2, 0.25) is 5.89 Å². The maximum atomic E-state index is 11.3. The van der Waals surface area contributed by atoms with Crippen LogP contribution in [0.1, 0.15) is 54.7 Å². The third-order valence-electron chi connectivity index (χ3n) is 6.70. The number of unbranched alkanes of at least 4 members (excludes halogenated alkanes) is 3. The van der Waals surface area contributed by atoms with Crippen molar-refractivity contribution < 1.29 is 28.3 Å². The SMILES string of the molecule is COC(=O)CCCCCC=C(NOCc1ccc(OCc2nc(-c3ccccc3)oc2C)cc1)c1ccc(OC)cc1. The summed E-state index contributed by atoms with van der Waals surface area (Å²) in [5, 5.41) is 0. The molecule has 0 aliphatic carbocycles. The monoisotopic (exact) mass is 570 g/mol. The van der Waals surface area contributed by atoms with Gasteiger partial charge in [-0.1, -0.05) is 42.8 Å². The van der Waals surface area contributed by atoms with Gasteiger partial charge >= 0.3 is 5.97 Å². The average Bonchev–Trinajstić information content (AvgIpc) is 3.41. The summed E-state index contributed by atoms with van der Waals surface area (Å²) >= 11 is 0. The molecule has 0 aliphatic rings. The molecule has 8 heteroatoms. The maximum Gasteiger partial charge on any atom is 0.305 e. The van der Waals surface area contributed by atoms with E-state index in [9.17, 15) is 4.79 Å². The van der Waals surface area contributed by atoms with Crippen molar-refractivity contribution in [3.63, 3.8) is 0 Å². The van der Waals surface area contributed by atoms with Crippen molar-refractivity contribution in [3.8, 4) is 23.0 Å². The second-order valence-electron chi connectivity index (χ2n) is 9.73. The van der Waals surface area contributed by atoms with E-state index in [4.69, 9.17) is 23.5 Å². The zero-order valence-electron chi connectivity index (χ0n) is 24.4. The zero-order chi connectivity index (χ0) is 29.6. The number of carbonyl (C=O) groups excluding carboxylic acids is 1. The summed E-state index contributed by atoms with van der Waals surface area (Å²) < 4.78 is 21.8. The number of hydroxylamine groups is 1. The number of aryl methyl sites for hydroxylation is 1. The number of methoxy groups -OCH3 is 2. The standard InChI is InChI=1S/C34H38N2O6/c1-25-32(35-34(42-25)28-11-7-6-8-12-28)24-40-30-19-15-26(16-20-30)23-41-36-31(27-17-21-29(38-2)22-18-27)13-9-4-5-10-14-33(37)39-3/h6-8,11-13,15-22,36H,4-5,9-10,14,23-24H2,1-3H3. The van der Waals surface area contributed by atoms with E-state index in [0.717, 1.165) is 71.0 Å². The number of hydrogen-bond donors (Lipinski definition) is 1. The summed E-state index contributed by atoms with van der Waals surface area (Å²) in [6, 6.07) is 25.4. The van der Waals surface area contributed by atoms with E-state index >= 15 is 0 Å². The molecular weight excluding hydrogens is 532 g/mol. The average molecular weight is 571 g/mol. The van der Waals surface area contributed by atoms with Crippen LogP contribution in [0.25, 0.3) is 17.2 Å². The number of allylic oxidation sites excluding steroid dienone is 1. The number of oxazole rings is 1. The Morgan fingerprint density at radius 1 is 0.881 bits per heavy atom. The molecule has 0 amide bonds. The molecule has 0 spiro atoms. The number of rotatable bonds is 16. The molecule has 1 aromatic heterocycles. The molecule has 1 N–H and O–H groups in total. The quantitative estimate of drug-likeness (QED) is 0.0845. The van der Waals surface area contributed by atoms with Gasteiger partial charge in [-0.05, 0) is 85.8 Å². The minimum absolute atomic E-state index is 0.165. The van der Waals surface area contributed by atoms with Crippen LogP contribution in [0.4, 0.5) is 0 Å². The Bertz CT molecular complexity index is 1410. The van der Waals surface area contributed by atoms with Crippen LogP contribution in [0.2, 0.25) is 0 Å². The molecule has 4 aromatic rings. The summed E-state index contributed by atoms with van der Waals surface area (Å²) in [6.45, 7) is 2.58. The molecule has 8 nitrogen and oxygen atoms in total. The fraction of sp³-hybridized carbons (Fsp3) is 0.294. The molecule has 0 saturated heterocycles. The zero-order valence-corrected chi connectivity index (χ0v) is 24.4. The van der Waals surface area contributed by atoms with Gasteiger partial charge in [0.1, 0.15) is 29.6 Å². The van der Waals surface area contributed by atoms with Crippen LogP contribution in [0.15, 0.2) is 89.4 Å². The van der Waals surface area contributed by atoms with Gasteiger partial charge in [0.15, 0.2) is 0 Å². The molecule has 42 heavy (non-hydrogen) atoms. The van der Waals surface area contributed by atoms with E-state index in [0.29, 0.717) is 25.5 Å². The van der Waals surface area contributed by atoms with Crippen molar-refractivity contribution in [3.05, 3.63) is 108 Å². The molecule has 0 saturated carbocycles. The highest BCUT2D eigenvalue weighted by atomic mass is 16.6. The third-order valence-corrected chi connectivity index (χ3v) is 6.70. The summed E-state index contributed by atoms with van der Waals surface area (Å²) in [5.74, 6) is 2.70. The van der Waals surface area contributed by atoms with Gasteiger partial charge in [-0.25, -0.2) is 4.98 Å². The van der Waals surface area contributed by atoms with Crippen molar-refractivity contribution in [1.29, 1.82) is 0 Å². The number of esters is 1. The van der Waals surface area contributed by atoms with Gasteiger partial charge in [0.25, 0.3) is 0 Å². The predicted octanol–water partition coefficient (Wildman–Crippen LogP) is 7.42. The van der Waals surface area contributed by atoms with E-state index in [1.165, 1.54) is 7.11 Å². The van der Waals surface area contributed by atoms with E-state index in [2.05, 4.69) is 16.5 Å². The van der Waals surface area contributed by atoms with Crippen molar-refractivity contribution >= 4 is 11.7 Å². The molecule has 0 aliphatic heterocycles. The second kappa shape index (κ2) is 16.0. The van der Waals surface area contributed by atoms with Crippen molar-refractivity contribution in [1.82, 2.24) is 10.5 Å². The number of ether oxygens (including phenoxy) is 3.